The second kappa shape index (κ2) is 9.60. The van der Waals surface area contributed by atoms with E-state index < -0.39 is 0 Å². The van der Waals surface area contributed by atoms with Crippen LogP contribution in [0.5, 0.6) is 0 Å². The predicted octanol–water partition coefficient (Wildman–Crippen LogP) is 0.919. The van der Waals surface area contributed by atoms with Crippen LogP contribution in [0.3, 0.4) is 0 Å². The number of unbranched alkanes of at least 4 members (excludes halogenated alkanes) is 1. The van der Waals surface area contributed by atoms with E-state index in [0.717, 1.165) is 32.2 Å². The maximum absolute atomic E-state index is 12.1. The summed E-state index contributed by atoms with van der Waals surface area (Å²) in [6.07, 6.45) is 3.58. The monoisotopic (exact) mass is 298 g/mol. The van der Waals surface area contributed by atoms with Crippen molar-refractivity contribution in [1.82, 2.24) is 15.5 Å². The molecular formula is C15H30N4O2. The van der Waals surface area contributed by atoms with Crippen molar-refractivity contribution in [2.45, 2.75) is 39.5 Å². The second-order valence-electron chi connectivity index (χ2n) is 6.15. The summed E-state index contributed by atoms with van der Waals surface area (Å²) in [4.78, 5) is 25.9. The summed E-state index contributed by atoms with van der Waals surface area (Å²) in [6.45, 7) is 7.39. The number of piperidine rings is 1. The zero-order chi connectivity index (χ0) is 15.7. The van der Waals surface area contributed by atoms with Gasteiger partial charge in [-0.25, -0.2) is 4.79 Å². The van der Waals surface area contributed by atoms with E-state index in [1.54, 1.807) is 4.90 Å². The highest BCUT2D eigenvalue weighted by Crippen LogP contribution is 2.16. The molecule has 0 aliphatic carbocycles. The van der Waals surface area contributed by atoms with Crippen molar-refractivity contribution >= 4 is 11.9 Å². The molecule has 6 nitrogen and oxygen atoms in total. The normalized spacial score (nSPS) is 18.7. The summed E-state index contributed by atoms with van der Waals surface area (Å²) in [7, 11) is 0. The Morgan fingerprint density at radius 2 is 2.05 bits per heavy atom. The van der Waals surface area contributed by atoms with Gasteiger partial charge in [-0.15, -0.1) is 0 Å². The van der Waals surface area contributed by atoms with Crippen molar-refractivity contribution in [2.75, 3.05) is 32.7 Å². The van der Waals surface area contributed by atoms with Gasteiger partial charge in [0.1, 0.15) is 0 Å². The van der Waals surface area contributed by atoms with Gasteiger partial charge in [-0.05, 0) is 38.1 Å². The second-order valence-corrected chi connectivity index (χ2v) is 6.15. The highest BCUT2D eigenvalue weighted by molar-refractivity contribution is 5.80. The van der Waals surface area contributed by atoms with Crippen LogP contribution in [0.1, 0.15) is 39.5 Å². The van der Waals surface area contributed by atoms with E-state index in [-0.39, 0.29) is 17.9 Å². The third-order valence-corrected chi connectivity index (χ3v) is 3.67. The fraction of sp³-hybridized carbons (Fsp3) is 0.867. The number of nitrogens with one attached hydrogen (secondary N) is 2. The molecule has 21 heavy (non-hydrogen) atoms. The first-order valence-electron chi connectivity index (χ1n) is 8.05. The molecule has 1 saturated heterocycles. The lowest BCUT2D eigenvalue weighted by Crippen LogP contribution is -2.49. The van der Waals surface area contributed by atoms with E-state index in [4.69, 9.17) is 5.73 Å². The number of rotatable bonds is 7. The van der Waals surface area contributed by atoms with E-state index in [0.29, 0.717) is 32.1 Å². The molecule has 0 spiro atoms. The first kappa shape index (κ1) is 17.8. The van der Waals surface area contributed by atoms with Gasteiger partial charge in [-0.3, -0.25) is 4.79 Å². The van der Waals surface area contributed by atoms with E-state index >= 15 is 0 Å². The van der Waals surface area contributed by atoms with Crippen LogP contribution in [-0.2, 0) is 4.79 Å². The highest BCUT2D eigenvalue weighted by atomic mass is 16.2. The molecule has 0 bridgehead atoms. The summed E-state index contributed by atoms with van der Waals surface area (Å²) in [5, 5.41) is 5.86. The lowest BCUT2D eigenvalue weighted by Gasteiger charge is -2.32. The van der Waals surface area contributed by atoms with Gasteiger partial charge in [0.05, 0.1) is 5.92 Å². The molecule has 1 rings (SSSR count). The Bertz CT molecular complexity index is 334. The molecule has 0 saturated carbocycles. The Morgan fingerprint density at radius 1 is 1.29 bits per heavy atom. The SMILES string of the molecule is CC(C)CNC(=O)N1CCCC(C(=O)NCCCCN)C1. The Hall–Kier alpha value is -1.30. The van der Waals surface area contributed by atoms with Crippen LogP contribution < -0.4 is 16.4 Å². The zero-order valence-corrected chi connectivity index (χ0v) is 13.4. The van der Waals surface area contributed by atoms with Crippen molar-refractivity contribution < 1.29 is 9.59 Å². The Labute approximate surface area is 127 Å². The largest absolute Gasteiger partial charge is 0.356 e. The van der Waals surface area contributed by atoms with E-state index in [1.807, 2.05) is 0 Å². The smallest absolute Gasteiger partial charge is 0.317 e. The van der Waals surface area contributed by atoms with Gasteiger partial charge >= 0.3 is 6.03 Å². The Balaban J connectivity index is 2.33. The molecule has 0 aromatic rings. The minimum atomic E-state index is -0.0820. The molecule has 1 heterocycles. The minimum absolute atomic E-state index is 0.0515. The number of nitrogens with two attached hydrogens (primary N) is 1. The number of likely N-dealkylation sites (tertiary alicyclic amines) is 1. The number of carbonyl (C=O) groups excluding carboxylic acids is 2. The van der Waals surface area contributed by atoms with Crippen LogP contribution in [0.15, 0.2) is 0 Å². The standard InChI is InChI=1S/C15H30N4O2/c1-12(2)10-18-15(21)19-9-5-6-13(11-19)14(20)17-8-4-3-7-16/h12-13H,3-11,16H2,1-2H3,(H,17,20)(H,18,21). The first-order valence-corrected chi connectivity index (χ1v) is 8.05. The van der Waals surface area contributed by atoms with E-state index in [9.17, 15) is 9.59 Å². The fourth-order valence-corrected chi connectivity index (χ4v) is 2.40. The van der Waals surface area contributed by atoms with Crippen LogP contribution >= 0.6 is 0 Å². The molecule has 122 valence electrons. The van der Waals surface area contributed by atoms with Gasteiger partial charge in [-0.1, -0.05) is 13.8 Å². The molecule has 3 amide bonds. The topological polar surface area (TPSA) is 87.5 Å². The minimum Gasteiger partial charge on any atom is -0.356 e. The molecular weight excluding hydrogens is 268 g/mol. The molecule has 1 atom stereocenters. The van der Waals surface area contributed by atoms with Crippen LogP contribution in [0.25, 0.3) is 0 Å². The van der Waals surface area contributed by atoms with Crippen molar-refractivity contribution in [3.05, 3.63) is 0 Å². The van der Waals surface area contributed by atoms with Crippen molar-refractivity contribution in [1.29, 1.82) is 0 Å². The number of hydrogen-bond acceptors (Lipinski definition) is 3. The van der Waals surface area contributed by atoms with Gasteiger partial charge in [0.15, 0.2) is 0 Å². The van der Waals surface area contributed by atoms with Crippen molar-refractivity contribution in [2.24, 2.45) is 17.6 Å². The maximum atomic E-state index is 12.1. The third kappa shape index (κ3) is 6.80. The maximum Gasteiger partial charge on any atom is 0.317 e. The van der Waals surface area contributed by atoms with Crippen molar-refractivity contribution in [3.8, 4) is 0 Å². The zero-order valence-electron chi connectivity index (χ0n) is 13.4. The average molecular weight is 298 g/mol. The van der Waals surface area contributed by atoms with Gasteiger partial charge in [0.2, 0.25) is 5.91 Å². The first-order chi connectivity index (χ1) is 10.0. The van der Waals surface area contributed by atoms with E-state index in [2.05, 4.69) is 24.5 Å². The molecule has 4 N–H and O–H groups in total. The molecule has 1 aliphatic heterocycles. The number of carbonyl (C=O) groups is 2. The molecule has 6 heteroatoms. The summed E-state index contributed by atoms with van der Waals surface area (Å²) < 4.78 is 0. The number of urea groups is 1. The quantitative estimate of drug-likeness (QED) is 0.611. The van der Waals surface area contributed by atoms with E-state index in [1.165, 1.54) is 0 Å². The number of hydrogen-bond donors (Lipinski definition) is 3. The molecule has 1 fully saturated rings. The van der Waals surface area contributed by atoms with Crippen LogP contribution in [0, 0.1) is 11.8 Å². The lowest BCUT2D eigenvalue weighted by atomic mass is 9.97. The molecule has 1 unspecified atom stereocenters. The predicted molar refractivity (Wildman–Crippen MR) is 83.8 cm³/mol. The van der Waals surface area contributed by atoms with Crippen molar-refractivity contribution in [3.63, 3.8) is 0 Å². The third-order valence-electron chi connectivity index (χ3n) is 3.67. The van der Waals surface area contributed by atoms with Crippen LogP contribution in [0.2, 0.25) is 0 Å². The molecule has 0 aromatic heterocycles. The number of nitrogens with zero attached hydrogens (tertiary/aromatic N) is 1. The van der Waals surface area contributed by atoms with Gasteiger partial charge < -0.3 is 21.3 Å². The lowest BCUT2D eigenvalue weighted by molar-refractivity contribution is -0.126. The fourth-order valence-electron chi connectivity index (χ4n) is 2.40. The molecule has 0 aromatic carbocycles. The summed E-state index contributed by atoms with van der Waals surface area (Å²) in [6, 6.07) is -0.0515. The summed E-state index contributed by atoms with van der Waals surface area (Å²) in [5.41, 5.74) is 5.43. The molecule has 1 aliphatic rings. The average Bonchev–Trinajstić information content (AvgIpc) is 2.49. The van der Waals surface area contributed by atoms with Crippen LogP contribution in [-0.4, -0.2) is 49.6 Å². The Kier molecular flexibility index (Phi) is 8.12. The Morgan fingerprint density at radius 3 is 2.71 bits per heavy atom. The van der Waals surface area contributed by atoms with Gasteiger partial charge in [-0.2, -0.15) is 0 Å². The molecule has 0 radical (unpaired) electrons. The number of amides is 3. The summed E-state index contributed by atoms with van der Waals surface area (Å²) in [5.74, 6) is 0.412. The van der Waals surface area contributed by atoms with Gasteiger partial charge in [0, 0.05) is 26.2 Å². The highest BCUT2D eigenvalue weighted by Gasteiger charge is 2.28. The van der Waals surface area contributed by atoms with Gasteiger partial charge in [0.25, 0.3) is 0 Å². The van der Waals surface area contributed by atoms with Crippen LogP contribution in [0.4, 0.5) is 4.79 Å². The summed E-state index contributed by atoms with van der Waals surface area (Å²) >= 11 is 0.